The van der Waals surface area contributed by atoms with Gasteiger partial charge in [0, 0.05) is 22.4 Å². The van der Waals surface area contributed by atoms with Crippen molar-refractivity contribution in [3.63, 3.8) is 0 Å². The maximum Gasteiger partial charge on any atom is 0.268 e. The molecular formula is C28H28N2O3S. The Morgan fingerprint density at radius 2 is 1.79 bits per heavy atom. The molecule has 1 atom stereocenters. The first-order valence-corrected chi connectivity index (χ1v) is 12.2. The summed E-state index contributed by atoms with van der Waals surface area (Å²) in [6.07, 6.45) is 0. The van der Waals surface area contributed by atoms with Crippen LogP contribution in [0.15, 0.2) is 72.8 Å². The SMILES string of the molecule is COc1cccc(C(=O)N2CC(C)(C)SC23C(=O)N(Cc2ccccc2)c2ccc(C)cc23)c1. The van der Waals surface area contributed by atoms with E-state index in [9.17, 15) is 9.59 Å². The van der Waals surface area contributed by atoms with Crippen molar-refractivity contribution in [2.24, 2.45) is 0 Å². The average Bonchev–Trinajstić information content (AvgIpc) is 3.25. The lowest BCUT2D eigenvalue weighted by atomic mass is 10.0. The van der Waals surface area contributed by atoms with Crippen LogP contribution in [0, 0.1) is 6.92 Å². The van der Waals surface area contributed by atoms with E-state index in [1.807, 2.05) is 66.4 Å². The molecule has 0 aromatic heterocycles. The van der Waals surface area contributed by atoms with Gasteiger partial charge in [0.25, 0.3) is 11.8 Å². The summed E-state index contributed by atoms with van der Waals surface area (Å²) in [7, 11) is 1.58. The van der Waals surface area contributed by atoms with E-state index in [2.05, 4.69) is 19.9 Å². The highest BCUT2D eigenvalue weighted by Crippen LogP contribution is 2.60. The third-order valence-electron chi connectivity index (χ3n) is 6.43. The van der Waals surface area contributed by atoms with Crippen molar-refractivity contribution >= 4 is 29.3 Å². The fourth-order valence-corrected chi connectivity index (χ4v) is 6.67. The molecule has 3 aromatic rings. The monoisotopic (exact) mass is 472 g/mol. The highest BCUT2D eigenvalue weighted by molar-refractivity contribution is 8.02. The van der Waals surface area contributed by atoms with Gasteiger partial charge in [0.2, 0.25) is 0 Å². The third-order valence-corrected chi connectivity index (χ3v) is 8.02. The van der Waals surface area contributed by atoms with E-state index >= 15 is 0 Å². The first-order chi connectivity index (χ1) is 16.2. The van der Waals surface area contributed by atoms with Gasteiger partial charge in [-0.1, -0.05) is 54.1 Å². The van der Waals surface area contributed by atoms with Gasteiger partial charge in [0.05, 0.1) is 19.3 Å². The van der Waals surface area contributed by atoms with Gasteiger partial charge in [-0.2, -0.15) is 0 Å². The Kier molecular flexibility index (Phi) is 5.44. The van der Waals surface area contributed by atoms with Gasteiger partial charge in [-0.05, 0) is 50.6 Å². The second-order valence-electron chi connectivity index (χ2n) is 9.53. The Morgan fingerprint density at radius 3 is 2.53 bits per heavy atom. The standard InChI is InChI=1S/C28H28N2O3S/c1-19-13-14-24-23(15-19)28(26(32)29(24)17-20-9-6-5-7-10-20)30(18-27(2,3)34-28)25(31)21-11-8-12-22(16-21)33-4/h5-16H,17-18H2,1-4H3. The Balaban J connectivity index is 1.65. The minimum atomic E-state index is -1.11. The molecule has 0 N–H and O–H groups in total. The van der Waals surface area contributed by atoms with Gasteiger partial charge in [-0.15, -0.1) is 11.8 Å². The lowest BCUT2D eigenvalue weighted by Crippen LogP contribution is -2.50. The summed E-state index contributed by atoms with van der Waals surface area (Å²) in [5, 5.41) is 0. The summed E-state index contributed by atoms with van der Waals surface area (Å²) in [4.78, 5) is 30.8. The number of rotatable bonds is 4. The molecule has 2 aliphatic heterocycles. The van der Waals surface area contributed by atoms with Crippen molar-refractivity contribution in [3.8, 4) is 5.75 Å². The van der Waals surface area contributed by atoms with E-state index in [4.69, 9.17) is 4.74 Å². The van der Waals surface area contributed by atoms with Crippen LogP contribution in [0.5, 0.6) is 5.75 Å². The minimum Gasteiger partial charge on any atom is -0.497 e. The zero-order valence-corrected chi connectivity index (χ0v) is 20.7. The van der Waals surface area contributed by atoms with Gasteiger partial charge in [0.1, 0.15) is 5.75 Å². The molecule has 2 amide bonds. The Labute approximate surface area is 204 Å². The number of carbonyl (C=O) groups is 2. The zero-order valence-electron chi connectivity index (χ0n) is 19.9. The Hall–Kier alpha value is -3.25. The number of fused-ring (bicyclic) bond motifs is 2. The van der Waals surface area contributed by atoms with Gasteiger partial charge >= 0.3 is 0 Å². The fraction of sp³-hybridized carbons (Fsp3) is 0.286. The second-order valence-corrected chi connectivity index (χ2v) is 11.4. The number of aryl methyl sites for hydroxylation is 1. The molecule has 0 bridgehead atoms. The maximum atomic E-state index is 14.3. The molecule has 3 aromatic carbocycles. The van der Waals surface area contributed by atoms with Crippen LogP contribution in [-0.4, -0.2) is 35.1 Å². The van der Waals surface area contributed by atoms with E-state index in [-0.39, 0.29) is 16.6 Å². The van der Waals surface area contributed by atoms with Crippen LogP contribution in [0.1, 0.15) is 40.9 Å². The van der Waals surface area contributed by atoms with E-state index in [1.165, 1.54) is 0 Å². The van der Waals surface area contributed by atoms with E-state index < -0.39 is 4.87 Å². The topological polar surface area (TPSA) is 49.9 Å². The molecule has 2 heterocycles. The molecule has 1 unspecified atom stereocenters. The van der Waals surface area contributed by atoms with Crippen LogP contribution in [0.25, 0.3) is 0 Å². The third kappa shape index (κ3) is 3.57. The molecule has 2 aliphatic rings. The van der Waals surface area contributed by atoms with Crippen LogP contribution in [0.2, 0.25) is 0 Å². The molecule has 1 spiro atoms. The number of benzene rings is 3. The molecule has 5 nitrogen and oxygen atoms in total. The van der Waals surface area contributed by atoms with E-state index in [0.717, 1.165) is 22.4 Å². The number of ether oxygens (including phenoxy) is 1. The summed E-state index contributed by atoms with van der Waals surface area (Å²) in [6, 6.07) is 23.2. The van der Waals surface area contributed by atoms with Crippen LogP contribution in [-0.2, 0) is 16.2 Å². The van der Waals surface area contributed by atoms with E-state index in [0.29, 0.717) is 24.4 Å². The molecule has 0 saturated carbocycles. The molecule has 174 valence electrons. The first-order valence-electron chi connectivity index (χ1n) is 11.4. The quantitative estimate of drug-likeness (QED) is 0.512. The Morgan fingerprint density at radius 1 is 1.03 bits per heavy atom. The van der Waals surface area contributed by atoms with Crippen LogP contribution in [0.4, 0.5) is 5.69 Å². The summed E-state index contributed by atoms with van der Waals surface area (Å²) in [5.41, 5.74) is 4.38. The van der Waals surface area contributed by atoms with Gasteiger partial charge in [-0.25, -0.2) is 0 Å². The smallest absolute Gasteiger partial charge is 0.268 e. The van der Waals surface area contributed by atoms with Crippen molar-refractivity contribution in [2.45, 2.75) is 36.9 Å². The summed E-state index contributed by atoms with van der Waals surface area (Å²) < 4.78 is 5.05. The number of amides is 2. The lowest BCUT2D eigenvalue weighted by Gasteiger charge is -2.33. The molecule has 5 rings (SSSR count). The highest BCUT2D eigenvalue weighted by atomic mass is 32.2. The zero-order chi connectivity index (χ0) is 24.1. The van der Waals surface area contributed by atoms with Gasteiger partial charge in [-0.3, -0.25) is 9.59 Å². The molecule has 1 fully saturated rings. The van der Waals surface area contributed by atoms with Crippen molar-refractivity contribution < 1.29 is 14.3 Å². The predicted molar refractivity (Wildman–Crippen MR) is 136 cm³/mol. The largest absolute Gasteiger partial charge is 0.497 e. The first kappa shape index (κ1) is 22.5. The Bertz CT molecular complexity index is 1270. The van der Waals surface area contributed by atoms with Crippen molar-refractivity contribution in [2.75, 3.05) is 18.6 Å². The second kappa shape index (κ2) is 8.20. The fourth-order valence-electron chi connectivity index (χ4n) is 4.95. The number of carbonyl (C=O) groups excluding carboxylic acids is 2. The molecule has 0 radical (unpaired) electrons. The number of hydrogen-bond donors (Lipinski definition) is 0. The van der Waals surface area contributed by atoms with Crippen LogP contribution in [0.3, 0.4) is 0 Å². The van der Waals surface area contributed by atoms with Gasteiger partial charge in [0.15, 0.2) is 4.87 Å². The molecule has 34 heavy (non-hydrogen) atoms. The normalized spacial score (nSPS) is 20.6. The molecule has 6 heteroatoms. The average molecular weight is 473 g/mol. The highest BCUT2D eigenvalue weighted by Gasteiger charge is 2.63. The van der Waals surface area contributed by atoms with Crippen molar-refractivity contribution in [3.05, 3.63) is 95.1 Å². The number of methoxy groups -OCH3 is 1. The molecule has 0 aliphatic carbocycles. The van der Waals surface area contributed by atoms with E-state index in [1.54, 1.807) is 35.9 Å². The minimum absolute atomic E-state index is 0.0659. The molecule has 1 saturated heterocycles. The summed E-state index contributed by atoms with van der Waals surface area (Å²) in [6.45, 7) is 7.14. The summed E-state index contributed by atoms with van der Waals surface area (Å²) in [5.74, 6) is 0.383. The number of hydrogen-bond acceptors (Lipinski definition) is 4. The van der Waals surface area contributed by atoms with Crippen LogP contribution < -0.4 is 9.64 Å². The van der Waals surface area contributed by atoms with Gasteiger partial charge < -0.3 is 14.5 Å². The predicted octanol–water partition coefficient (Wildman–Crippen LogP) is 5.37. The maximum absolute atomic E-state index is 14.3. The number of anilines is 1. The number of nitrogens with zero attached hydrogens (tertiary/aromatic N) is 2. The number of thioether (sulfide) groups is 1. The van der Waals surface area contributed by atoms with Crippen molar-refractivity contribution in [1.29, 1.82) is 0 Å². The summed E-state index contributed by atoms with van der Waals surface area (Å²) >= 11 is 1.58. The lowest BCUT2D eigenvalue weighted by molar-refractivity contribution is -0.123. The van der Waals surface area contributed by atoms with Crippen LogP contribution >= 0.6 is 11.8 Å². The molecular weight excluding hydrogens is 444 g/mol. The van der Waals surface area contributed by atoms with Crippen molar-refractivity contribution in [1.82, 2.24) is 4.90 Å².